The summed E-state index contributed by atoms with van der Waals surface area (Å²) in [5.41, 5.74) is 4.22. The Morgan fingerprint density at radius 1 is 1.13 bits per heavy atom. The van der Waals surface area contributed by atoms with Crippen LogP contribution in [0.3, 0.4) is 0 Å². The first-order valence-corrected chi connectivity index (χ1v) is 9.52. The van der Waals surface area contributed by atoms with Crippen molar-refractivity contribution in [1.82, 2.24) is 5.01 Å². The predicted molar refractivity (Wildman–Crippen MR) is 121 cm³/mol. The standard InChI is InChI=1S/C22H25F2N3O2.2ClH/c1-21(2,3)20(28)27-22(12-7-13-25,15-8-5-4-6-9-15)29-19(26-27)17-14-16(23)10-11-18(17)24;;/h4-6,8-11,14H,7,12-13,25H2,1-3H3;2*1H. The number of halogens is 4. The van der Waals surface area contributed by atoms with Crippen LogP contribution in [0.2, 0.25) is 0 Å². The van der Waals surface area contributed by atoms with Crippen LogP contribution >= 0.6 is 24.8 Å². The third kappa shape index (κ3) is 5.34. The average Bonchev–Trinajstić information content (AvgIpc) is 3.08. The maximum atomic E-state index is 14.4. The molecule has 1 aliphatic rings. The number of hydrazone groups is 1. The number of carbonyl (C=O) groups excluding carboxylic acids is 1. The van der Waals surface area contributed by atoms with Crippen molar-refractivity contribution in [1.29, 1.82) is 0 Å². The molecule has 2 N–H and O–H groups in total. The van der Waals surface area contributed by atoms with Crippen molar-refractivity contribution in [2.45, 2.75) is 39.3 Å². The zero-order valence-electron chi connectivity index (χ0n) is 17.6. The van der Waals surface area contributed by atoms with E-state index in [4.69, 9.17) is 10.5 Å². The van der Waals surface area contributed by atoms with Gasteiger partial charge in [0.25, 0.3) is 5.91 Å². The minimum atomic E-state index is -1.29. The third-order valence-corrected chi connectivity index (χ3v) is 4.74. The summed E-state index contributed by atoms with van der Waals surface area (Å²) in [6.45, 7) is 5.68. The van der Waals surface area contributed by atoms with Crippen LogP contribution in [0, 0.1) is 17.0 Å². The lowest BCUT2D eigenvalue weighted by molar-refractivity contribution is -0.161. The minimum Gasteiger partial charge on any atom is -0.443 e. The molecule has 0 fully saturated rings. The van der Waals surface area contributed by atoms with Gasteiger partial charge in [-0.15, -0.1) is 29.9 Å². The Morgan fingerprint density at radius 3 is 2.35 bits per heavy atom. The molecule has 170 valence electrons. The fourth-order valence-electron chi connectivity index (χ4n) is 3.22. The molecule has 1 unspecified atom stereocenters. The van der Waals surface area contributed by atoms with Crippen molar-refractivity contribution in [2.75, 3.05) is 6.54 Å². The molecule has 0 radical (unpaired) electrons. The topological polar surface area (TPSA) is 67.9 Å². The van der Waals surface area contributed by atoms with Gasteiger partial charge < -0.3 is 10.5 Å². The van der Waals surface area contributed by atoms with Crippen molar-refractivity contribution >= 4 is 36.6 Å². The Bertz CT molecular complexity index is 936. The Hall–Kier alpha value is -2.22. The maximum absolute atomic E-state index is 14.4. The van der Waals surface area contributed by atoms with Crippen LogP contribution in [-0.2, 0) is 15.3 Å². The molecule has 0 spiro atoms. The summed E-state index contributed by atoms with van der Waals surface area (Å²) in [7, 11) is 0. The van der Waals surface area contributed by atoms with Crippen LogP contribution in [0.1, 0.15) is 44.7 Å². The number of hydrogen-bond donors (Lipinski definition) is 1. The molecule has 3 rings (SSSR count). The average molecular weight is 474 g/mol. The van der Waals surface area contributed by atoms with Gasteiger partial charge in [-0.05, 0) is 31.2 Å². The van der Waals surface area contributed by atoms with Gasteiger partial charge in [0.15, 0.2) is 0 Å². The zero-order chi connectivity index (χ0) is 21.2. The highest BCUT2D eigenvalue weighted by molar-refractivity contribution is 5.97. The van der Waals surface area contributed by atoms with Gasteiger partial charge in [-0.1, -0.05) is 51.1 Å². The summed E-state index contributed by atoms with van der Waals surface area (Å²) in [4.78, 5) is 13.3. The Kier molecular flexibility index (Phi) is 8.99. The largest absolute Gasteiger partial charge is 0.443 e. The van der Waals surface area contributed by atoms with Crippen LogP contribution in [-0.4, -0.2) is 23.4 Å². The summed E-state index contributed by atoms with van der Waals surface area (Å²) in [5, 5.41) is 5.60. The van der Waals surface area contributed by atoms with E-state index in [9.17, 15) is 13.6 Å². The van der Waals surface area contributed by atoms with Crippen LogP contribution in [0.15, 0.2) is 53.6 Å². The van der Waals surface area contributed by atoms with E-state index in [0.29, 0.717) is 24.9 Å². The Labute approximate surface area is 193 Å². The fourth-order valence-corrected chi connectivity index (χ4v) is 3.22. The van der Waals surface area contributed by atoms with Gasteiger partial charge in [-0.2, -0.15) is 5.01 Å². The highest BCUT2D eigenvalue weighted by atomic mass is 35.5. The summed E-state index contributed by atoms with van der Waals surface area (Å²) >= 11 is 0. The molecule has 1 atom stereocenters. The van der Waals surface area contributed by atoms with E-state index in [2.05, 4.69) is 5.10 Å². The number of nitrogens with two attached hydrogens (primary N) is 1. The number of amides is 1. The van der Waals surface area contributed by atoms with Crippen LogP contribution in [0.5, 0.6) is 0 Å². The van der Waals surface area contributed by atoms with E-state index in [1.165, 1.54) is 5.01 Å². The van der Waals surface area contributed by atoms with E-state index < -0.39 is 22.8 Å². The summed E-state index contributed by atoms with van der Waals surface area (Å²) in [5.74, 6) is -1.75. The lowest BCUT2D eigenvalue weighted by Gasteiger charge is -2.38. The molecule has 2 aromatic carbocycles. The quantitative estimate of drug-likeness (QED) is 0.666. The van der Waals surface area contributed by atoms with E-state index in [0.717, 1.165) is 18.2 Å². The molecule has 1 heterocycles. The second kappa shape index (κ2) is 10.4. The Balaban J connectivity index is 0.00000240. The van der Waals surface area contributed by atoms with Crippen molar-refractivity contribution in [3.63, 3.8) is 0 Å². The smallest absolute Gasteiger partial charge is 0.251 e. The molecule has 2 aromatic rings. The number of ether oxygens (including phenoxy) is 1. The lowest BCUT2D eigenvalue weighted by atomic mass is 9.91. The predicted octanol–water partition coefficient (Wildman–Crippen LogP) is 4.97. The molecule has 0 aromatic heterocycles. The van der Waals surface area contributed by atoms with E-state index in [1.54, 1.807) is 20.8 Å². The van der Waals surface area contributed by atoms with Gasteiger partial charge in [0.05, 0.1) is 5.56 Å². The van der Waals surface area contributed by atoms with Crippen molar-refractivity contribution < 1.29 is 18.3 Å². The van der Waals surface area contributed by atoms with Crippen LogP contribution in [0.4, 0.5) is 8.78 Å². The first-order chi connectivity index (χ1) is 13.7. The van der Waals surface area contributed by atoms with E-state index >= 15 is 0 Å². The second-order valence-electron chi connectivity index (χ2n) is 8.04. The molecule has 0 saturated carbocycles. The third-order valence-electron chi connectivity index (χ3n) is 4.74. The van der Waals surface area contributed by atoms with Gasteiger partial charge in [-0.3, -0.25) is 4.79 Å². The van der Waals surface area contributed by atoms with Crippen LogP contribution < -0.4 is 5.73 Å². The van der Waals surface area contributed by atoms with Gasteiger partial charge in [0.1, 0.15) is 11.6 Å². The normalized spacial score (nSPS) is 17.9. The zero-order valence-corrected chi connectivity index (χ0v) is 19.2. The number of hydrogen-bond acceptors (Lipinski definition) is 4. The van der Waals surface area contributed by atoms with Gasteiger partial charge in [-0.25, -0.2) is 8.78 Å². The molecular weight excluding hydrogens is 447 g/mol. The first kappa shape index (κ1) is 26.8. The second-order valence-corrected chi connectivity index (χ2v) is 8.04. The van der Waals surface area contributed by atoms with Crippen molar-refractivity contribution in [3.05, 3.63) is 71.3 Å². The minimum absolute atomic E-state index is 0. The Morgan fingerprint density at radius 2 is 1.77 bits per heavy atom. The number of benzene rings is 2. The van der Waals surface area contributed by atoms with Crippen molar-refractivity contribution in [3.8, 4) is 0 Å². The van der Waals surface area contributed by atoms with Crippen LogP contribution in [0.25, 0.3) is 0 Å². The molecule has 9 heteroatoms. The number of carbonyl (C=O) groups is 1. The summed E-state index contributed by atoms with van der Waals surface area (Å²) < 4.78 is 34.4. The monoisotopic (exact) mass is 473 g/mol. The SMILES string of the molecule is CC(C)(C)C(=O)N1N=C(c2cc(F)ccc2F)OC1(CCCN)c1ccccc1.Cl.Cl. The summed E-state index contributed by atoms with van der Waals surface area (Å²) in [6, 6.07) is 12.2. The number of rotatable bonds is 5. The highest BCUT2D eigenvalue weighted by Gasteiger charge is 2.51. The highest BCUT2D eigenvalue weighted by Crippen LogP contribution is 2.42. The van der Waals surface area contributed by atoms with Crippen molar-refractivity contribution in [2.24, 2.45) is 16.3 Å². The molecule has 0 bridgehead atoms. The lowest BCUT2D eigenvalue weighted by Crippen LogP contribution is -2.49. The molecule has 5 nitrogen and oxygen atoms in total. The van der Waals surface area contributed by atoms with Gasteiger partial charge in [0, 0.05) is 17.4 Å². The molecular formula is C22H27Cl2F2N3O2. The fraction of sp³-hybridized carbons (Fsp3) is 0.364. The molecule has 0 saturated heterocycles. The molecule has 31 heavy (non-hydrogen) atoms. The number of nitrogens with zero attached hydrogens (tertiary/aromatic N) is 2. The molecule has 1 amide bonds. The maximum Gasteiger partial charge on any atom is 0.251 e. The summed E-state index contributed by atoms with van der Waals surface area (Å²) in [6.07, 6.45) is 0.885. The first-order valence-electron chi connectivity index (χ1n) is 9.52. The van der Waals surface area contributed by atoms with Gasteiger partial charge in [0.2, 0.25) is 11.6 Å². The molecule has 0 aliphatic carbocycles. The van der Waals surface area contributed by atoms with E-state index in [-0.39, 0.29) is 42.2 Å². The molecule has 1 aliphatic heterocycles. The van der Waals surface area contributed by atoms with E-state index in [1.807, 2.05) is 30.3 Å². The van der Waals surface area contributed by atoms with Gasteiger partial charge >= 0.3 is 0 Å².